The highest BCUT2D eigenvalue weighted by Gasteiger charge is 2.25. The maximum atomic E-state index is 10.7. The number of aliphatic carboxylic acids is 1. The summed E-state index contributed by atoms with van der Waals surface area (Å²) in [7, 11) is 0. The lowest BCUT2D eigenvalue weighted by Gasteiger charge is -2.30. The molecule has 0 saturated heterocycles. The summed E-state index contributed by atoms with van der Waals surface area (Å²) in [5.74, 6) is 0.370. The van der Waals surface area contributed by atoms with Crippen LogP contribution in [0.2, 0.25) is 0 Å². The van der Waals surface area contributed by atoms with Gasteiger partial charge in [-0.05, 0) is 18.3 Å². The van der Waals surface area contributed by atoms with Crippen molar-refractivity contribution in [1.29, 1.82) is 0 Å². The van der Waals surface area contributed by atoms with Gasteiger partial charge < -0.3 is 10.8 Å². The van der Waals surface area contributed by atoms with Crippen LogP contribution in [-0.4, -0.2) is 17.1 Å². The summed E-state index contributed by atoms with van der Waals surface area (Å²) >= 11 is 0. The van der Waals surface area contributed by atoms with Gasteiger partial charge in [-0.2, -0.15) is 0 Å². The molecule has 0 heterocycles. The van der Waals surface area contributed by atoms with Crippen molar-refractivity contribution in [1.82, 2.24) is 0 Å². The Morgan fingerprint density at radius 1 is 1.40 bits per heavy atom. The standard InChI is InChI=1S/C12H23NO2/c1-2-9(8-11(13)12(14)15)10-6-4-3-5-7-10/h9-11H,2-8,13H2,1H3,(H,14,15). The minimum atomic E-state index is -0.857. The molecule has 1 saturated carbocycles. The molecule has 15 heavy (non-hydrogen) atoms. The van der Waals surface area contributed by atoms with Crippen LogP contribution >= 0.6 is 0 Å². The van der Waals surface area contributed by atoms with Crippen LogP contribution in [0.25, 0.3) is 0 Å². The van der Waals surface area contributed by atoms with Crippen molar-refractivity contribution in [2.45, 2.75) is 57.9 Å². The molecular formula is C12H23NO2. The third-order valence-electron chi connectivity index (χ3n) is 3.71. The molecule has 2 atom stereocenters. The zero-order valence-electron chi connectivity index (χ0n) is 9.61. The second-order valence-electron chi connectivity index (χ2n) is 4.75. The molecular weight excluding hydrogens is 190 g/mol. The lowest BCUT2D eigenvalue weighted by atomic mass is 9.76. The quantitative estimate of drug-likeness (QED) is 0.737. The first kappa shape index (κ1) is 12.5. The summed E-state index contributed by atoms with van der Waals surface area (Å²) in [5, 5.41) is 8.80. The van der Waals surface area contributed by atoms with Gasteiger partial charge in [0.15, 0.2) is 0 Å². The molecule has 1 aliphatic rings. The number of nitrogens with two attached hydrogens (primary N) is 1. The average Bonchev–Trinajstić information content (AvgIpc) is 2.26. The predicted molar refractivity (Wildman–Crippen MR) is 60.6 cm³/mol. The fourth-order valence-corrected chi connectivity index (χ4v) is 2.73. The zero-order valence-corrected chi connectivity index (χ0v) is 9.61. The SMILES string of the molecule is CCC(CC(N)C(=O)O)C1CCCCC1. The number of rotatable bonds is 5. The van der Waals surface area contributed by atoms with Gasteiger partial charge in [-0.3, -0.25) is 4.79 Å². The minimum Gasteiger partial charge on any atom is -0.480 e. The van der Waals surface area contributed by atoms with Gasteiger partial charge in [-0.25, -0.2) is 0 Å². The number of carboxylic acids is 1. The van der Waals surface area contributed by atoms with Crippen molar-refractivity contribution in [3.8, 4) is 0 Å². The second-order valence-corrected chi connectivity index (χ2v) is 4.75. The molecule has 0 aromatic carbocycles. The Kier molecular flexibility index (Phi) is 5.09. The highest BCUT2D eigenvalue weighted by molar-refractivity contribution is 5.73. The Bertz CT molecular complexity index is 200. The summed E-state index contributed by atoms with van der Waals surface area (Å²) in [6.45, 7) is 2.15. The number of hydrogen-bond acceptors (Lipinski definition) is 2. The van der Waals surface area contributed by atoms with Crippen molar-refractivity contribution < 1.29 is 9.90 Å². The lowest BCUT2D eigenvalue weighted by molar-refractivity contribution is -0.139. The summed E-state index contributed by atoms with van der Waals surface area (Å²) in [4.78, 5) is 10.7. The van der Waals surface area contributed by atoms with Crippen LogP contribution in [0.15, 0.2) is 0 Å². The van der Waals surface area contributed by atoms with Gasteiger partial charge in [0.2, 0.25) is 0 Å². The Hall–Kier alpha value is -0.570. The molecule has 3 nitrogen and oxygen atoms in total. The molecule has 2 unspecified atom stereocenters. The highest BCUT2D eigenvalue weighted by atomic mass is 16.4. The Labute approximate surface area is 92.0 Å². The highest BCUT2D eigenvalue weighted by Crippen LogP contribution is 2.33. The van der Waals surface area contributed by atoms with Crippen molar-refractivity contribution in [2.24, 2.45) is 17.6 Å². The largest absolute Gasteiger partial charge is 0.480 e. The van der Waals surface area contributed by atoms with Gasteiger partial charge in [-0.1, -0.05) is 45.4 Å². The molecule has 0 aliphatic heterocycles. The fourth-order valence-electron chi connectivity index (χ4n) is 2.73. The van der Waals surface area contributed by atoms with Crippen LogP contribution in [0.1, 0.15) is 51.9 Å². The molecule has 0 aromatic rings. The summed E-state index contributed by atoms with van der Waals surface area (Å²) < 4.78 is 0. The Morgan fingerprint density at radius 2 is 2.00 bits per heavy atom. The topological polar surface area (TPSA) is 63.3 Å². The van der Waals surface area contributed by atoms with Gasteiger partial charge >= 0.3 is 5.97 Å². The van der Waals surface area contributed by atoms with E-state index in [1.807, 2.05) is 0 Å². The maximum absolute atomic E-state index is 10.7. The molecule has 0 amide bonds. The van der Waals surface area contributed by atoms with E-state index in [2.05, 4.69) is 6.92 Å². The molecule has 3 N–H and O–H groups in total. The molecule has 1 fully saturated rings. The first-order chi connectivity index (χ1) is 7.15. The number of hydrogen-bond donors (Lipinski definition) is 2. The van der Waals surface area contributed by atoms with Gasteiger partial charge in [-0.15, -0.1) is 0 Å². The van der Waals surface area contributed by atoms with Gasteiger partial charge in [0.05, 0.1) is 0 Å². The van der Waals surface area contributed by atoms with E-state index in [9.17, 15) is 4.79 Å². The predicted octanol–water partition coefficient (Wildman–Crippen LogP) is 2.39. The van der Waals surface area contributed by atoms with Crippen molar-refractivity contribution in [3.63, 3.8) is 0 Å². The van der Waals surface area contributed by atoms with Crippen LogP contribution in [0, 0.1) is 11.8 Å². The molecule has 1 aliphatic carbocycles. The van der Waals surface area contributed by atoms with E-state index >= 15 is 0 Å². The third-order valence-corrected chi connectivity index (χ3v) is 3.71. The minimum absolute atomic E-state index is 0.511. The van der Waals surface area contributed by atoms with Crippen molar-refractivity contribution >= 4 is 5.97 Å². The van der Waals surface area contributed by atoms with E-state index in [4.69, 9.17) is 10.8 Å². The van der Waals surface area contributed by atoms with E-state index in [0.717, 1.165) is 6.42 Å². The second kappa shape index (κ2) is 6.11. The summed E-state index contributed by atoms with van der Waals surface area (Å²) in [5.41, 5.74) is 5.60. The van der Waals surface area contributed by atoms with Crippen LogP contribution in [0.3, 0.4) is 0 Å². The van der Waals surface area contributed by atoms with E-state index < -0.39 is 12.0 Å². The smallest absolute Gasteiger partial charge is 0.320 e. The van der Waals surface area contributed by atoms with Gasteiger partial charge in [0.25, 0.3) is 0 Å². The van der Waals surface area contributed by atoms with E-state index in [1.54, 1.807) is 0 Å². The van der Waals surface area contributed by atoms with Crippen molar-refractivity contribution in [3.05, 3.63) is 0 Å². The zero-order chi connectivity index (χ0) is 11.3. The van der Waals surface area contributed by atoms with Crippen LogP contribution in [0.5, 0.6) is 0 Å². The van der Waals surface area contributed by atoms with Gasteiger partial charge in [0.1, 0.15) is 6.04 Å². The van der Waals surface area contributed by atoms with E-state index in [-0.39, 0.29) is 0 Å². The molecule has 1 rings (SSSR count). The molecule has 3 heteroatoms. The van der Waals surface area contributed by atoms with E-state index in [1.165, 1.54) is 32.1 Å². The van der Waals surface area contributed by atoms with Gasteiger partial charge in [0, 0.05) is 0 Å². The van der Waals surface area contributed by atoms with Crippen LogP contribution in [0.4, 0.5) is 0 Å². The fraction of sp³-hybridized carbons (Fsp3) is 0.917. The Balaban J connectivity index is 2.43. The first-order valence-corrected chi connectivity index (χ1v) is 6.13. The normalized spacial score (nSPS) is 22.3. The Morgan fingerprint density at radius 3 is 2.47 bits per heavy atom. The first-order valence-electron chi connectivity index (χ1n) is 6.13. The lowest BCUT2D eigenvalue weighted by Crippen LogP contribution is -2.34. The third kappa shape index (κ3) is 3.82. The molecule has 0 spiro atoms. The summed E-state index contributed by atoms with van der Waals surface area (Å²) in [6.07, 6.45) is 8.21. The molecule has 88 valence electrons. The monoisotopic (exact) mass is 213 g/mol. The van der Waals surface area contributed by atoms with Crippen molar-refractivity contribution in [2.75, 3.05) is 0 Å². The van der Waals surface area contributed by atoms with Crippen LogP contribution < -0.4 is 5.73 Å². The van der Waals surface area contributed by atoms with Crippen LogP contribution in [-0.2, 0) is 4.79 Å². The van der Waals surface area contributed by atoms with E-state index in [0.29, 0.717) is 18.3 Å². The number of carboxylic acid groups (broad SMARTS) is 1. The molecule has 0 aromatic heterocycles. The average molecular weight is 213 g/mol. The molecule has 0 bridgehead atoms. The number of carbonyl (C=O) groups is 1. The maximum Gasteiger partial charge on any atom is 0.320 e. The molecule has 0 radical (unpaired) electrons. The summed E-state index contributed by atoms with van der Waals surface area (Å²) in [6, 6.07) is -0.670.